The fraction of sp³-hybridized carbons (Fsp3) is 0.536. The van der Waals surface area contributed by atoms with Crippen LogP contribution >= 0.6 is 0 Å². The lowest BCUT2D eigenvalue weighted by Crippen LogP contribution is -2.51. The quantitative estimate of drug-likeness (QED) is 0.551. The molecule has 32 heavy (non-hydrogen) atoms. The summed E-state index contributed by atoms with van der Waals surface area (Å²) < 4.78 is 52.0. The van der Waals surface area contributed by atoms with Gasteiger partial charge >= 0.3 is 0 Å². The van der Waals surface area contributed by atoms with Gasteiger partial charge in [0.25, 0.3) is 0 Å². The Kier molecular flexibility index (Phi) is 4.20. The average molecular weight is 440 g/mol. The van der Waals surface area contributed by atoms with Gasteiger partial charge < -0.3 is 5.11 Å². The molecule has 1 N–H and O–H groups in total. The van der Waals surface area contributed by atoms with Crippen LogP contribution in [0.15, 0.2) is 34.9 Å². The van der Waals surface area contributed by atoms with Gasteiger partial charge in [0.05, 0.1) is 0 Å². The van der Waals surface area contributed by atoms with Crippen molar-refractivity contribution in [2.45, 2.75) is 77.2 Å². The van der Waals surface area contributed by atoms with Gasteiger partial charge in [0.1, 0.15) is 17.2 Å². The van der Waals surface area contributed by atoms with Gasteiger partial charge in [-0.3, -0.25) is 4.79 Å². The number of allylic oxidation sites excluding steroid dienone is 4. The van der Waals surface area contributed by atoms with E-state index in [1.54, 1.807) is 6.08 Å². The lowest BCUT2D eigenvalue weighted by atomic mass is 9.51. The molecule has 2 fully saturated rings. The molecule has 0 aliphatic heterocycles. The number of carbonyl (C=O) groups is 1. The van der Waals surface area contributed by atoms with Crippen LogP contribution in [-0.4, -0.2) is 16.5 Å². The SMILES string of the molecule is [2H]C([2H])([2H])C#C[C@]1(O)CC[C@H]2[C@@H]3CCC4=CC(=O)CCC4=C3[C@@H](c3cc(F)c(C)c(F)c3)C[C@@]21C. The molecule has 5 rings (SSSR count). The van der Waals surface area contributed by atoms with Crippen molar-refractivity contribution in [2.75, 3.05) is 0 Å². The van der Waals surface area contributed by atoms with Gasteiger partial charge in [0.15, 0.2) is 5.78 Å². The first-order valence-corrected chi connectivity index (χ1v) is 11.5. The van der Waals surface area contributed by atoms with Crippen LogP contribution in [0, 0.1) is 47.6 Å². The van der Waals surface area contributed by atoms with Crippen LogP contribution < -0.4 is 0 Å². The second-order valence-electron chi connectivity index (χ2n) is 10.3. The summed E-state index contributed by atoms with van der Waals surface area (Å²) in [5.41, 5.74) is 1.57. The highest BCUT2D eigenvalue weighted by molar-refractivity contribution is 5.93. The van der Waals surface area contributed by atoms with Crippen molar-refractivity contribution < 1.29 is 22.8 Å². The summed E-state index contributed by atoms with van der Waals surface area (Å²) in [4.78, 5) is 12.1. The molecule has 168 valence electrons. The fourth-order valence-electron chi connectivity index (χ4n) is 7.14. The molecule has 0 radical (unpaired) electrons. The molecular formula is C28H30F2O2. The van der Waals surface area contributed by atoms with Crippen LogP contribution in [-0.2, 0) is 4.79 Å². The van der Waals surface area contributed by atoms with Gasteiger partial charge in [-0.05, 0) is 99.1 Å². The smallest absolute Gasteiger partial charge is 0.156 e. The largest absolute Gasteiger partial charge is 0.377 e. The first-order valence-electron chi connectivity index (χ1n) is 13.0. The van der Waals surface area contributed by atoms with Crippen molar-refractivity contribution >= 4 is 5.78 Å². The number of hydrogen-bond acceptors (Lipinski definition) is 2. The van der Waals surface area contributed by atoms with E-state index in [0.717, 1.165) is 29.6 Å². The summed E-state index contributed by atoms with van der Waals surface area (Å²) in [7, 11) is 0. The standard InChI is InChI=1S/C28H30F2O2/c1-4-10-28(32)11-9-23-21-7-5-17-12-19(31)6-8-20(17)26(21)22(15-27(23,28)3)18-13-24(29)16(2)25(30)14-18/h12-14,21-23,32H,5-9,11,15H2,1-3H3/t21-,22+,23-,27-,28-/m0/s1/i1D3. The molecule has 0 saturated heterocycles. The van der Waals surface area contributed by atoms with Crippen molar-refractivity contribution in [3.05, 3.63) is 57.7 Å². The second kappa shape index (κ2) is 7.39. The van der Waals surface area contributed by atoms with Crippen LogP contribution in [0.3, 0.4) is 0 Å². The Hall–Kier alpha value is -2.25. The summed E-state index contributed by atoms with van der Waals surface area (Å²) in [5.74, 6) is 3.70. The van der Waals surface area contributed by atoms with Crippen LogP contribution in [0.2, 0.25) is 0 Å². The van der Waals surface area contributed by atoms with E-state index >= 15 is 0 Å². The lowest BCUT2D eigenvalue weighted by Gasteiger charge is -2.53. The number of hydrogen-bond donors (Lipinski definition) is 1. The Bertz CT molecular complexity index is 1210. The van der Waals surface area contributed by atoms with E-state index < -0.39 is 29.5 Å². The topological polar surface area (TPSA) is 37.3 Å². The third-order valence-corrected chi connectivity index (χ3v) is 8.86. The van der Waals surface area contributed by atoms with Crippen molar-refractivity contribution in [2.24, 2.45) is 17.3 Å². The number of benzene rings is 1. The fourth-order valence-corrected chi connectivity index (χ4v) is 7.14. The number of ketones is 1. The van der Waals surface area contributed by atoms with Crippen LogP contribution in [0.1, 0.15) is 79.9 Å². The van der Waals surface area contributed by atoms with Crippen LogP contribution in [0.4, 0.5) is 8.78 Å². The zero-order chi connectivity index (χ0) is 25.3. The molecule has 4 heteroatoms. The van der Waals surface area contributed by atoms with Crippen molar-refractivity contribution in [1.82, 2.24) is 0 Å². The number of rotatable bonds is 1. The maximum Gasteiger partial charge on any atom is 0.156 e. The van der Waals surface area contributed by atoms with Gasteiger partial charge in [0.2, 0.25) is 0 Å². The van der Waals surface area contributed by atoms with Crippen molar-refractivity contribution in [1.29, 1.82) is 0 Å². The van der Waals surface area contributed by atoms with Gasteiger partial charge in [-0.15, -0.1) is 5.92 Å². The third kappa shape index (κ3) is 2.97. The van der Waals surface area contributed by atoms with Crippen molar-refractivity contribution in [3.63, 3.8) is 0 Å². The second-order valence-corrected chi connectivity index (χ2v) is 10.3. The Morgan fingerprint density at radius 1 is 1.19 bits per heavy atom. The predicted octanol–water partition coefficient (Wildman–Crippen LogP) is 5.93. The van der Waals surface area contributed by atoms with Gasteiger partial charge in [-0.25, -0.2) is 8.78 Å². The van der Waals surface area contributed by atoms with E-state index in [2.05, 4.69) is 11.8 Å². The van der Waals surface area contributed by atoms with Crippen LogP contribution in [0.5, 0.6) is 0 Å². The average Bonchev–Trinajstić information content (AvgIpc) is 3.05. The zero-order valence-corrected chi connectivity index (χ0v) is 18.5. The van der Waals surface area contributed by atoms with E-state index in [9.17, 15) is 18.7 Å². The molecular weight excluding hydrogens is 406 g/mol. The molecule has 0 heterocycles. The molecule has 0 spiro atoms. The van der Waals surface area contributed by atoms with Gasteiger partial charge in [-0.1, -0.05) is 18.4 Å². The molecule has 1 aromatic carbocycles. The number of halogens is 2. The maximum atomic E-state index is 14.7. The van der Waals surface area contributed by atoms with Gasteiger partial charge in [-0.2, -0.15) is 0 Å². The monoisotopic (exact) mass is 439 g/mol. The van der Waals surface area contributed by atoms with E-state index in [1.165, 1.54) is 19.1 Å². The van der Waals surface area contributed by atoms with Gasteiger partial charge in [0, 0.05) is 27.4 Å². The molecule has 0 bridgehead atoms. The van der Waals surface area contributed by atoms with E-state index in [1.807, 2.05) is 6.92 Å². The summed E-state index contributed by atoms with van der Waals surface area (Å²) in [6, 6.07) is 2.79. The Balaban J connectivity index is 1.70. The Labute approximate surface area is 193 Å². The Morgan fingerprint density at radius 2 is 1.94 bits per heavy atom. The number of aliphatic hydroxyl groups is 1. The Morgan fingerprint density at radius 3 is 2.66 bits per heavy atom. The minimum Gasteiger partial charge on any atom is -0.377 e. The van der Waals surface area contributed by atoms with E-state index in [0.29, 0.717) is 37.7 Å². The third-order valence-electron chi connectivity index (χ3n) is 8.86. The molecule has 0 amide bonds. The highest BCUT2D eigenvalue weighted by Crippen LogP contribution is 2.66. The molecule has 4 aliphatic rings. The lowest BCUT2D eigenvalue weighted by molar-refractivity contribution is -0.114. The van der Waals surface area contributed by atoms with E-state index in [4.69, 9.17) is 4.11 Å². The highest BCUT2D eigenvalue weighted by Gasteiger charge is 2.62. The molecule has 0 aromatic heterocycles. The highest BCUT2D eigenvalue weighted by atomic mass is 19.1. The zero-order valence-electron chi connectivity index (χ0n) is 21.5. The van der Waals surface area contributed by atoms with Crippen LogP contribution in [0.25, 0.3) is 0 Å². The number of carbonyl (C=O) groups excluding carboxylic acids is 1. The summed E-state index contributed by atoms with van der Waals surface area (Å²) in [6.45, 7) is 0.892. The maximum absolute atomic E-state index is 14.7. The van der Waals surface area contributed by atoms with E-state index in [-0.39, 0.29) is 29.1 Å². The normalized spacial score (nSPS) is 37.8. The minimum atomic E-state index is -2.48. The molecule has 0 unspecified atom stereocenters. The molecule has 5 atom stereocenters. The molecule has 2 saturated carbocycles. The predicted molar refractivity (Wildman–Crippen MR) is 120 cm³/mol. The minimum absolute atomic E-state index is 0.0312. The molecule has 4 aliphatic carbocycles. The summed E-state index contributed by atoms with van der Waals surface area (Å²) >= 11 is 0. The molecule has 1 aromatic rings. The molecule has 2 nitrogen and oxygen atoms in total. The first-order chi connectivity index (χ1) is 16.3. The summed E-state index contributed by atoms with van der Waals surface area (Å²) in [5, 5.41) is 11.7. The number of fused-ring (bicyclic) bond motifs is 4. The first kappa shape index (κ1) is 18.2. The summed E-state index contributed by atoms with van der Waals surface area (Å²) in [6.07, 6.45) is 5.79. The van der Waals surface area contributed by atoms with Crippen molar-refractivity contribution in [3.8, 4) is 11.8 Å².